The highest BCUT2D eigenvalue weighted by molar-refractivity contribution is 6.08. The molecule has 3 aliphatic rings. The van der Waals surface area contributed by atoms with Gasteiger partial charge >= 0.3 is 23.9 Å². The van der Waals surface area contributed by atoms with E-state index in [1.54, 1.807) is 0 Å². The monoisotopic (exact) mass is 278 g/mol. The molecule has 0 aromatic heterocycles. The maximum absolute atomic E-state index is 11.7. The Balaban J connectivity index is 1.91. The molecule has 20 heavy (non-hydrogen) atoms. The van der Waals surface area contributed by atoms with Crippen LogP contribution < -0.4 is 0 Å². The number of carbonyl (C=O) groups is 4. The van der Waals surface area contributed by atoms with Crippen LogP contribution in [0.15, 0.2) is 11.1 Å². The summed E-state index contributed by atoms with van der Waals surface area (Å²) in [5.41, 5.74) is 1.32. The lowest BCUT2D eigenvalue weighted by atomic mass is 9.71. The number of hydrogen-bond acceptors (Lipinski definition) is 6. The van der Waals surface area contributed by atoms with Crippen molar-refractivity contribution in [3.63, 3.8) is 0 Å². The highest BCUT2D eigenvalue weighted by atomic mass is 16.6. The van der Waals surface area contributed by atoms with Gasteiger partial charge in [0.1, 0.15) is 0 Å². The molecule has 3 unspecified atom stereocenters. The zero-order chi connectivity index (χ0) is 14.4. The van der Waals surface area contributed by atoms with E-state index in [1.807, 2.05) is 6.92 Å². The van der Waals surface area contributed by atoms with Crippen LogP contribution in [0, 0.1) is 17.8 Å². The summed E-state index contributed by atoms with van der Waals surface area (Å²) in [7, 11) is 0. The molecule has 0 saturated carbocycles. The Kier molecular flexibility index (Phi) is 2.96. The van der Waals surface area contributed by atoms with Gasteiger partial charge in [0.15, 0.2) is 0 Å². The van der Waals surface area contributed by atoms with Crippen molar-refractivity contribution in [1.29, 1.82) is 0 Å². The molecule has 6 nitrogen and oxygen atoms in total. The molecule has 0 aromatic carbocycles. The average molecular weight is 278 g/mol. The topological polar surface area (TPSA) is 86.7 Å². The van der Waals surface area contributed by atoms with E-state index >= 15 is 0 Å². The summed E-state index contributed by atoms with van der Waals surface area (Å²) >= 11 is 0. The largest absolute Gasteiger partial charge is 0.393 e. The molecule has 3 rings (SSSR count). The fourth-order valence-electron chi connectivity index (χ4n) is 3.39. The number of ether oxygens (including phenoxy) is 2. The van der Waals surface area contributed by atoms with Crippen molar-refractivity contribution in [2.75, 3.05) is 0 Å². The maximum atomic E-state index is 11.7. The molecule has 2 fully saturated rings. The minimum absolute atomic E-state index is 0.0611. The lowest BCUT2D eigenvalue weighted by Crippen LogP contribution is -2.29. The summed E-state index contributed by atoms with van der Waals surface area (Å²) in [4.78, 5) is 46.3. The molecule has 2 aliphatic heterocycles. The summed E-state index contributed by atoms with van der Waals surface area (Å²) in [6.45, 7) is 1.90. The van der Waals surface area contributed by atoms with Gasteiger partial charge in [-0.1, -0.05) is 12.5 Å². The van der Waals surface area contributed by atoms with Crippen LogP contribution in [0.4, 0.5) is 0 Å². The van der Waals surface area contributed by atoms with Crippen LogP contribution in [-0.2, 0) is 28.7 Å². The van der Waals surface area contributed by atoms with Crippen molar-refractivity contribution >= 4 is 23.9 Å². The molecule has 0 radical (unpaired) electrons. The summed E-state index contributed by atoms with van der Waals surface area (Å²) < 4.78 is 9.26. The Labute approximate surface area is 115 Å². The van der Waals surface area contributed by atoms with Crippen LogP contribution in [0.1, 0.15) is 32.6 Å². The molecule has 0 N–H and O–H groups in total. The van der Waals surface area contributed by atoms with Gasteiger partial charge in [0, 0.05) is 0 Å². The molecule has 3 atom stereocenters. The highest BCUT2D eigenvalue weighted by Gasteiger charge is 2.49. The van der Waals surface area contributed by atoms with Crippen LogP contribution >= 0.6 is 0 Å². The molecular formula is C14H14O6. The van der Waals surface area contributed by atoms with Gasteiger partial charge in [-0.05, 0) is 25.2 Å². The summed E-state index contributed by atoms with van der Waals surface area (Å²) in [6, 6.07) is 0. The van der Waals surface area contributed by atoms with Crippen molar-refractivity contribution in [2.45, 2.75) is 32.6 Å². The van der Waals surface area contributed by atoms with E-state index in [0.717, 1.165) is 5.57 Å². The van der Waals surface area contributed by atoms with E-state index in [1.165, 1.54) is 0 Å². The molecule has 106 valence electrons. The van der Waals surface area contributed by atoms with Crippen molar-refractivity contribution < 1.29 is 28.7 Å². The Morgan fingerprint density at radius 3 is 2.40 bits per heavy atom. The Bertz CT molecular complexity index is 558. The summed E-state index contributed by atoms with van der Waals surface area (Å²) in [5, 5.41) is 0. The van der Waals surface area contributed by atoms with Gasteiger partial charge in [-0.25, -0.2) is 4.79 Å². The molecule has 0 bridgehead atoms. The van der Waals surface area contributed by atoms with Gasteiger partial charge in [-0.2, -0.15) is 0 Å². The predicted octanol–water partition coefficient (Wildman–Crippen LogP) is 0.892. The third kappa shape index (κ3) is 1.87. The van der Waals surface area contributed by atoms with Gasteiger partial charge < -0.3 is 9.47 Å². The SMILES string of the molecule is CCC1=C2C(=O)OC(=O)C2CC(C2CC(=O)OC2=O)C1. The van der Waals surface area contributed by atoms with Crippen molar-refractivity contribution in [3.8, 4) is 0 Å². The smallest absolute Gasteiger partial charge is 0.342 e. The van der Waals surface area contributed by atoms with E-state index in [9.17, 15) is 19.2 Å². The number of allylic oxidation sites excluding steroid dienone is 1. The average Bonchev–Trinajstić information content (AvgIpc) is 2.89. The molecule has 1 aliphatic carbocycles. The normalized spacial score (nSPS) is 33.4. The minimum Gasteiger partial charge on any atom is -0.393 e. The number of esters is 4. The number of cyclic esters (lactones) is 4. The van der Waals surface area contributed by atoms with E-state index in [-0.39, 0.29) is 12.3 Å². The molecule has 0 amide bonds. The molecule has 2 saturated heterocycles. The Morgan fingerprint density at radius 1 is 1.05 bits per heavy atom. The zero-order valence-electron chi connectivity index (χ0n) is 11.0. The van der Waals surface area contributed by atoms with Gasteiger partial charge in [0.2, 0.25) is 0 Å². The van der Waals surface area contributed by atoms with Gasteiger partial charge in [0.25, 0.3) is 0 Å². The predicted molar refractivity (Wildman–Crippen MR) is 63.8 cm³/mol. The van der Waals surface area contributed by atoms with E-state index in [2.05, 4.69) is 9.47 Å². The number of fused-ring (bicyclic) bond motifs is 1. The second-order valence-corrected chi connectivity index (χ2v) is 5.44. The number of rotatable bonds is 2. The molecule has 0 spiro atoms. The lowest BCUT2D eigenvalue weighted by molar-refractivity contribution is -0.155. The third-order valence-electron chi connectivity index (χ3n) is 4.37. The van der Waals surface area contributed by atoms with E-state index in [4.69, 9.17) is 0 Å². The van der Waals surface area contributed by atoms with E-state index < -0.39 is 35.7 Å². The van der Waals surface area contributed by atoms with Gasteiger partial charge in [-0.3, -0.25) is 14.4 Å². The van der Waals surface area contributed by atoms with Gasteiger partial charge in [0.05, 0.1) is 23.8 Å². The summed E-state index contributed by atoms with van der Waals surface area (Å²) in [6.07, 6.45) is 1.60. The molecule has 2 heterocycles. The first kappa shape index (κ1) is 13.0. The quantitative estimate of drug-likeness (QED) is 0.550. The molecule has 6 heteroatoms. The second-order valence-electron chi connectivity index (χ2n) is 5.44. The maximum Gasteiger partial charge on any atom is 0.342 e. The van der Waals surface area contributed by atoms with Crippen LogP contribution in [0.25, 0.3) is 0 Å². The van der Waals surface area contributed by atoms with Crippen LogP contribution in [0.5, 0.6) is 0 Å². The minimum atomic E-state index is -0.584. The first-order valence-electron chi connectivity index (χ1n) is 6.73. The first-order chi connectivity index (χ1) is 9.51. The molecule has 0 aromatic rings. The Hall–Kier alpha value is -1.98. The fraction of sp³-hybridized carbons (Fsp3) is 0.571. The third-order valence-corrected chi connectivity index (χ3v) is 4.37. The van der Waals surface area contributed by atoms with E-state index in [0.29, 0.717) is 24.8 Å². The fourth-order valence-corrected chi connectivity index (χ4v) is 3.39. The van der Waals surface area contributed by atoms with Crippen molar-refractivity contribution in [1.82, 2.24) is 0 Å². The van der Waals surface area contributed by atoms with Crippen LogP contribution in [0.3, 0.4) is 0 Å². The standard InChI is InChI=1S/C14H14O6/c1-2-6-3-7(8-5-10(15)19-12(8)16)4-9-11(6)14(18)20-13(9)17/h7-9H,2-5H2,1H3. The number of hydrogen-bond donors (Lipinski definition) is 0. The number of carbonyl (C=O) groups excluding carboxylic acids is 4. The zero-order valence-corrected chi connectivity index (χ0v) is 11.0. The highest BCUT2D eigenvalue weighted by Crippen LogP contribution is 2.44. The van der Waals surface area contributed by atoms with Gasteiger partial charge in [-0.15, -0.1) is 0 Å². The first-order valence-corrected chi connectivity index (χ1v) is 6.73. The summed E-state index contributed by atoms with van der Waals surface area (Å²) in [5.74, 6) is -3.36. The lowest BCUT2D eigenvalue weighted by Gasteiger charge is -2.28. The molecular weight excluding hydrogens is 264 g/mol. The van der Waals surface area contributed by atoms with Crippen molar-refractivity contribution in [2.24, 2.45) is 17.8 Å². The van der Waals surface area contributed by atoms with Crippen molar-refractivity contribution in [3.05, 3.63) is 11.1 Å². The van der Waals surface area contributed by atoms with Crippen LogP contribution in [0.2, 0.25) is 0 Å². The Morgan fingerprint density at radius 2 is 1.80 bits per heavy atom. The second kappa shape index (κ2) is 4.54. The van der Waals surface area contributed by atoms with Crippen LogP contribution in [-0.4, -0.2) is 23.9 Å².